The zero-order valence-corrected chi connectivity index (χ0v) is 18.9. The smallest absolute Gasteiger partial charge is 0.264 e. The predicted octanol–water partition coefficient (Wildman–Crippen LogP) is 3.56. The van der Waals surface area contributed by atoms with E-state index in [1.165, 1.54) is 16.4 Å². The van der Waals surface area contributed by atoms with Gasteiger partial charge in [0.1, 0.15) is 0 Å². The Hall–Kier alpha value is -2.85. The van der Waals surface area contributed by atoms with Crippen molar-refractivity contribution in [2.45, 2.75) is 25.0 Å². The van der Waals surface area contributed by atoms with Crippen LogP contribution in [0.1, 0.15) is 31.0 Å². The SMILES string of the molecule is C/C(=N\Nc1nnc(SCC(=O)NC(C)c2ccccc2)n1N)c1ccc(Br)cc1. The van der Waals surface area contributed by atoms with E-state index in [0.717, 1.165) is 21.3 Å². The monoisotopic (exact) mass is 487 g/mol. The Balaban J connectivity index is 1.54. The van der Waals surface area contributed by atoms with Gasteiger partial charge >= 0.3 is 0 Å². The first-order valence-corrected chi connectivity index (χ1v) is 11.0. The summed E-state index contributed by atoms with van der Waals surface area (Å²) in [5.41, 5.74) is 5.60. The van der Waals surface area contributed by atoms with Crippen LogP contribution in [0.25, 0.3) is 0 Å². The molecule has 0 aliphatic rings. The zero-order chi connectivity index (χ0) is 21.5. The third-order valence-electron chi connectivity index (χ3n) is 4.26. The molecule has 4 N–H and O–H groups in total. The van der Waals surface area contributed by atoms with Crippen molar-refractivity contribution in [3.05, 3.63) is 70.2 Å². The maximum atomic E-state index is 12.2. The molecule has 0 fully saturated rings. The summed E-state index contributed by atoms with van der Waals surface area (Å²) < 4.78 is 2.27. The number of nitrogens with one attached hydrogen (secondary N) is 2. The topological polar surface area (TPSA) is 110 Å². The van der Waals surface area contributed by atoms with Crippen molar-refractivity contribution in [3.63, 3.8) is 0 Å². The van der Waals surface area contributed by atoms with E-state index in [4.69, 9.17) is 5.84 Å². The lowest BCUT2D eigenvalue weighted by molar-refractivity contribution is -0.119. The molecule has 30 heavy (non-hydrogen) atoms. The highest BCUT2D eigenvalue weighted by Crippen LogP contribution is 2.18. The molecule has 1 amide bonds. The fourth-order valence-corrected chi connectivity index (χ4v) is 3.51. The van der Waals surface area contributed by atoms with Gasteiger partial charge in [0.15, 0.2) is 0 Å². The van der Waals surface area contributed by atoms with Crippen LogP contribution in [-0.4, -0.2) is 32.2 Å². The zero-order valence-electron chi connectivity index (χ0n) is 16.5. The van der Waals surface area contributed by atoms with Crippen LogP contribution in [0.2, 0.25) is 0 Å². The van der Waals surface area contributed by atoms with E-state index in [0.29, 0.717) is 5.16 Å². The largest absolute Gasteiger partial charge is 0.349 e. The van der Waals surface area contributed by atoms with Crippen molar-refractivity contribution in [3.8, 4) is 0 Å². The highest BCUT2D eigenvalue weighted by atomic mass is 79.9. The van der Waals surface area contributed by atoms with Gasteiger partial charge in [-0.15, -0.1) is 10.2 Å². The van der Waals surface area contributed by atoms with Crippen molar-refractivity contribution in [2.75, 3.05) is 17.0 Å². The van der Waals surface area contributed by atoms with E-state index in [9.17, 15) is 4.79 Å². The molecule has 0 spiro atoms. The van der Waals surface area contributed by atoms with E-state index in [2.05, 4.69) is 42.0 Å². The average molecular weight is 488 g/mol. The third kappa shape index (κ3) is 5.83. The highest BCUT2D eigenvalue weighted by molar-refractivity contribution is 9.10. The van der Waals surface area contributed by atoms with Crippen LogP contribution >= 0.6 is 27.7 Å². The molecule has 3 rings (SSSR count). The number of amides is 1. The summed E-state index contributed by atoms with van der Waals surface area (Å²) in [5.74, 6) is 6.37. The molecule has 1 aromatic heterocycles. The molecule has 1 unspecified atom stereocenters. The van der Waals surface area contributed by atoms with Crippen LogP contribution < -0.4 is 16.6 Å². The van der Waals surface area contributed by atoms with Crippen molar-refractivity contribution in [1.82, 2.24) is 20.2 Å². The van der Waals surface area contributed by atoms with E-state index >= 15 is 0 Å². The molecule has 1 atom stereocenters. The number of nitrogens with two attached hydrogens (primary N) is 1. The summed E-state index contributed by atoms with van der Waals surface area (Å²) in [5, 5.41) is 15.7. The Morgan fingerprint density at radius 2 is 1.90 bits per heavy atom. The van der Waals surface area contributed by atoms with Crippen molar-refractivity contribution in [2.24, 2.45) is 5.10 Å². The number of hydrogen-bond acceptors (Lipinski definition) is 7. The molecule has 0 saturated carbocycles. The molecular formula is C20H22BrN7OS. The van der Waals surface area contributed by atoms with E-state index < -0.39 is 0 Å². The normalized spacial score (nSPS) is 12.4. The van der Waals surface area contributed by atoms with Gasteiger partial charge in [-0.05, 0) is 37.1 Å². The second-order valence-corrected chi connectivity index (χ2v) is 8.34. The van der Waals surface area contributed by atoms with Crippen molar-refractivity contribution < 1.29 is 4.79 Å². The van der Waals surface area contributed by atoms with Crippen LogP contribution in [0, 0.1) is 0 Å². The van der Waals surface area contributed by atoms with Gasteiger partial charge in [-0.2, -0.15) is 5.10 Å². The molecule has 0 saturated heterocycles. The number of benzene rings is 2. The fourth-order valence-electron chi connectivity index (χ4n) is 2.58. The molecule has 8 nitrogen and oxygen atoms in total. The predicted molar refractivity (Wildman–Crippen MR) is 124 cm³/mol. The van der Waals surface area contributed by atoms with Crippen molar-refractivity contribution >= 4 is 45.3 Å². The molecule has 0 aliphatic heterocycles. The molecule has 2 aromatic carbocycles. The van der Waals surface area contributed by atoms with Gasteiger partial charge in [0.25, 0.3) is 5.95 Å². The number of carbonyl (C=O) groups is 1. The van der Waals surface area contributed by atoms with Crippen LogP contribution in [0.5, 0.6) is 0 Å². The van der Waals surface area contributed by atoms with Gasteiger partial charge in [-0.3, -0.25) is 4.79 Å². The maximum Gasteiger partial charge on any atom is 0.264 e. The number of anilines is 1. The molecule has 3 aromatic rings. The van der Waals surface area contributed by atoms with E-state index in [-0.39, 0.29) is 23.7 Å². The quantitative estimate of drug-likeness (QED) is 0.194. The van der Waals surface area contributed by atoms with Crippen LogP contribution in [-0.2, 0) is 4.79 Å². The van der Waals surface area contributed by atoms with Crippen molar-refractivity contribution in [1.29, 1.82) is 0 Å². The summed E-state index contributed by atoms with van der Waals surface area (Å²) in [6.07, 6.45) is 0. The van der Waals surface area contributed by atoms with Gasteiger partial charge < -0.3 is 11.2 Å². The van der Waals surface area contributed by atoms with Gasteiger partial charge in [0.2, 0.25) is 11.1 Å². The number of aromatic nitrogens is 3. The number of nitrogens with zero attached hydrogens (tertiary/aromatic N) is 4. The van der Waals surface area contributed by atoms with Gasteiger partial charge in [-0.1, -0.05) is 70.2 Å². The number of nitrogen functional groups attached to an aromatic ring is 1. The van der Waals surface area contributed by atoms with Crippen LogP contribution in [0.3, 0.4) is 0 Å². The molecule has 1 heterocycles. The van der Waals surface area contributed by atoms with Gasteiger partial charge in [-0.25, -0.2) is 10.1 Å². The molecular weight excluding hydrogens is 466 g/mol. The van der Waals surface area contributed by atoms with E-state index in [1.54, 1.807) is 0 Å². The minimum Gasteiger partial charge on any atom is -0.349 e. The highest BCUT2D eigenvalue weighted by Gasteiger charge is 2.14. The van der Waals surface area contributed by atoms with Gasteiger partial charge in [0.05, 0.1) is 17.5 Å². The van der Waals surface area contributed by atoms with Crippen LogP contribution in [0.4, 0.5) is 5.95 Å². The summed E-state index contributed by atoms with van der Waals surface area (Å²) in [4.78, 5) is 12.2. The van der Waals surface area contributed by atoms with Crippen LogP contribution in [0.15, 0.2) is 69.3 Å². The Labute approximate surface area is 187 Å². The summed E-state index contributed by atoms with van der Waals surface area (Å²) in [7, 11) is 0. The van der Waals surface area contributed by atoms with Gasteiger partial charge in [0, 0.05) is 4.47 Å². The number of rotatable bonds is 8. The standard InChI is InChI=1S/C20H22BrN7OS/c1-13(15-6-4-3-5-7-15)23-18(29)12-30-20-27-26-19(28(20)22)25-24-14(2)16-8-10-17(21)11-9-16/h3-11,13H,12,22H2,1-2H3,(H,23,29)(H,25,26)/b24-14+. The first-order valence-electron chi connectivity index (χ1n) is 9.18. The molecule has 0 radical (unpaired) electrons. The Kier molecular flexibility index (Phi) is 7.47. The summed E-state index contributed by atoms with van der Waals surface area (Å²) in [6, 6.07) is 17.5. The number of hydrazone groups is 1. The number of hydrogen-bond donors (Lipinski definition) is 3. The lowest BCUT2D eigenvalue weighted by atomic mass is 10.1. The lowest BCUT2D eigenvalue weighted by Crippen LogP contribution is -2.28. The Bertz CT molecular complexity index is 1020. The lowest BCUT2D eigenvalue weighted by Gasteiger charge is -2.13. The molecule has 10 heteroatoms. The molecule has 0 bridgehead atoms. The summed E-state index contributed by atoms with van der Waals surface area (Å²) >= 11 is 4.61. The number of carbonyl (C=O) groups excluding carboxylic acids is 1. The first-order chi connectivity index (χ1) is 14.4. The minimum absolute atomic E-state index is 0.0804. The molecule has 0 aliphatic carbocycles. The Morgan fingerprint density at radius 1 is 1.20 bits per heavy atom. The van der Waals surface area contributed by atoms with E-state index in [1.807, 2.05) is 68.4 Å². The average Bonchev–Trinajstić information content (AvgIpc) is 3.11. The second kappa shape index (κ2) is 10.3. The third-order valence-corrected chi connectivity index (χ3v) is 5.73. The second-order valence-electron chi connectivity index (χ2n) is 6.48. The summed E-state index contributed by atoms with van der Waals surface area (Å²) in [6.45, 7) is 3.82. The maximum absolute atomic E-state index is 12.2. The number of halogens is 1. The number of thioether (sulfide) groups is 1. The fraction of sp³-hybridized carbons (Fsp3) is 0.200. The first kappa shape index (κ1) is 21.8. The molecule has 156 valence electrons. The minimum atomic E-state index is -0.113. The Morgan fingerprint density at radius 3 is 2.60 bits per heavy atom.